The number of fused-ring (bicyclic) bond motifs is 12. The maximum atomic E-state index is 13.4. The average molecular weight is 2010 g/mol. The molecule has 6 amide bonds. The number of rotatable bonds is 24. The number of benzene rings is 6. The third kappa shape index (κ3) is 23.3. The first kappa shape index (κ1) is 104. The summed E-state index contributed by atoms with van der Waals surface area (Å²) in [5.41, 5.74) is 12.4. The van der Waals surface area contributed by atoms with Crippen molar-refractivity contribution in [1.29, 1.82) is 0 Å². The van der Waals surface area contributed by atoms with E-state index >= 15 is 0 Å². The highest BCUT2D eigenvalue weighted by Crippen LogP contribution is 2.47. The summed E-state index contributed by atoms with van der Waals surface area (Å²) in [5.74, 6) is 5.03. The number of carbonyl (C=O) groups is 6. The molecule has 736 valence electrons. The monoisotopic (exact) mass is 2010 g/mol. The van der Waals surface area contributed by atoms with Crippen LogP contribution in [0.15, 0.2) is 156 Å². The van der Waals surface area contributed by atoms with Gasteiger partial charge in [0.1, 0.15) is 12.5 Å². The molecule has 10 N–H and O–H groups in total. The van der Waals surface area contributed by atoms with Crippen molar-refractivity contribution >= 4 is 152 Å². The first-order valence-corrected chi connectivity index (χ1v) is 46.6. The molecule has 6 aromatic carbocycles. The Balaban J connectivity index is 0.000000176. The largest absolute Gasteiger partial charge is 0.493 e. The van der Waals surface area contributed by atoms with Crippen LogP contribution in [-0.4, -0.2) is 289 Å². The third-order valence-corrected chi connectivity index (χ3v) is 24.9. The van der Waals surface area contributed by atoms with Crippen LogP contribution in [-0.2, 0) is 0 Å². The van der Waals surface area contributed by atoms with Gasteiger partial charge in [-0.15, -0.1) is 0 Å². The molecular weight excluding hydrogens is 1900 g/mol. The second-order valence-electron chi connectivity index (χ2n) is 34.2. The van der Waals surface area contributed by atoms with Crippen molar-refractivity contribution < 1.29 is 107 Å². The van der Waals surface area contributed by atoms with E-state index < -0.39 is 33.1 Å². The fraction of sp³-hybridized carbons (Fsp3) is 0.423. The molecule has 4 unspecified atom stereocenters. The number of alkyl halides is 6. The van der Waals surface area contributed by atoms with Crippen LogP contribution >= 0.6 is 69.6 Å². The Bertz CT molecular complexity index is 5140. The van der Waals surface area contributed by atoms with Gasteiger partial charge in [-0.3, -0.25) is 38.8 Å². The van der Waals surface area contributed by atoms with E-state index in [1.807, 2.05) is 21.9 Å². The Labute approximate surface area is 824 Å². The molecule has 12 aliphatic rings. The van der Waals surface area contributed by atoms with Crippen molar-refractivity contribution in [1.82, 2.24) is 29.4 Å². The molecule has 34 nitrogen and oxygen atoms in total. The Morgan fingerprint density at radius 1 is 0.321 bits per heavy atom. The SMILES string of the molecule is C=C1C[C@H]2C(C)Nc3cc(OCCCOc4cc5c(cc4OC)C(=O)N4CC(=C)C[C@H]4C(C)N5)c(OC)cc3C(=O)N2C1.C=C1C[C@H]2C(O)Nc3cc(OCCCOc4cc5c(cc4OC)C(=O)N4CC(=C)C[C@H]4C(O)N5)c(OC)cc3C(=O)N2C1.C=C1C[C@H]2C=Nc3cc(OCCCOc4cc5c(cc4OC)C(=O)N4CC(=C)C[C@H]4C=N5)c(OC)cc3C(=O)N2C1.ClC(Cl)Cl.ClC(Cl)Cl.O.O. The summed E-state index contributed by atoms with van der Waals surface area (Å²) in [5, 5.41) is 34.6. The summed E-state index contributed by atoms with van der Waals surface area (Å²) in [7, 11) is 9.23. The Kier molecular flexibility index (Phi) is 34.8. The second-order valence-corrected chi connectivity index (χ2v) is 38.2. The summed E-state index contributed by atoms with van der Waals surface area (Å²) in [6.07, 6.45) is 7.44. The number of nitrogens with zero attached hydrogens (tertiary/aromatic N) is 8. The maximum Gasteiger partial charge on any atom is 0.257 e. The van der Waals surface area contributed by atoms with E-state index in [9.17, 15) is 39.0 Å². The van der Waals surface area contributed by atoms with Gasteiger partial charge in [-0.25, -0.2) is 0 Å². The zero-order chi connectivity index (χ0) is 96.7. The molecular formula is C97H114Cl6N12O22. The van der Waals surface area contributed by atoms with Crippen molar-refractivity contribution in [3.05, 3.63) is 179 Å². The predicted octanol–water partition coefficient (Wildman–Crippen LogP) is 14.2. The molecule has 0 aromatic heterocycles. The number of aliphatic hydroxyl groups excluding tert-OH is 2. The highest BCUT2D eigenvalue weighted by atomic mass is 35.6. The number of hydrogen-bond acceptors (Lipinski definition) is 26. The van der Waals surface area contributed by atoms with Crippen LogP contribution in [0.1, 0.15) is 134 Å². The van der Waals surface area contributed by atoms with E-state index in [1.165, 1.54) is 14.2 Å². The molecule has 12 heterocycles. The Hall–Kier alpha value is -11.7. The normalized spacial score (nSPS) is 21.9. The number of amides is 6. The minimum absolute atomic E-state index is 0. The predicted molar refractivity (Wildman–Crippen MR) is 528 cm³/mol. The molecule has 0 aliphatic carbocycles. The van der Waals surface area contributed by atoms with Crippen molar-refractivity contribution in [3.8, 4) is 69.0 Å². The summed E-state index contributed by atoms with van der Waals surface area (Å²) >= 11 is 28.8. The molecule has 18 rings (SSSR count). The fourth-order valence-corrected chi connectivity index (χ4v) is 18.5. The summed E-state index contributed by atoms with van der Waals surface area (Å²) in [6, 6.07) is 20.0. The van der Waals surface area contributed by atoms with Gasteiger partial charge in [0.15, 0.2) is 77.6 Å². The van der Waals surface area contributed by atoms with Crippen LogP contribution in [0.2, 0.25) is 0 Å². The zero-order valence-electron chi connectivity index (χ0n) is 77.2. The summed E-state index contributed by atoms with van der Waals surface area (Å²) in [6.45, 7) is 33.3. The van der Waals surface area contributed by atoms with Gasteiger partial charge in [0.05, 0.1) is 186 Å². The number of aliphatic hydroxyl groups is 2. The Morgan fingerprint density at radius 2 is 0.533 bits per heavy atom. The number of ether oxygens (including phenoxy) is 12. The van der Waals surface area contributed by atoms with Gasteiger partial charge < -0.3 is 129 Å². The van der Waals surface area contributed by atoms with E-state index in [4.69, 9.17) is 126 Å². The maximum absolute atomic E-state index is 13.4. The first-order chi connectivity index (χ1) is 64.7. The number of halogens is 6. The molecule has 0 saturated carbocycles. The van der Waals surface area contributed by atoms with Crippen LogP contribution in [0, 0.1) is 0 Å². The van der Waals surface area contributed by atoms with E-state index in [-0.39, 0.29) is 95.9 Å². The number of aliphatic imine (C=N–C) groups is 2. The van der Waals surface area contributed by atoms with Gasteiger partial charge in [0, 0.05) is 119 Å². The van der Waals surface area contributed by atoms with Gasteiger partial charge in [-0.1, -0.05) is 143 Å². The fourth-order valence-electron chi connectivity index (χ4n) is 18.5. The summed E-state index contributed by atoms with van der Waals surface area (Å²) in [4.78, 5) is 99.4. The van der Waals surface area contributed by atoms with Gasteiger partial charge in [-0.05, 0) is 88.8 Å². The number of nitrogens with one attached hydrogen (secondary N) is 4. The minimum Gasteiger partial charge on any atom is -0.493 e. The third-order valence-electron chi connectivity index (χ3n) is 24.9. The number of hydrogen-bond donors (Lipinski definition) is 6. The van der Waals surface area contributed by atoms with Gasteiger partial charge in [0.25, 0.3) is 35.4 Å². The molecule has 10 atom stereocenters. The average Bonchev–Trinajstić information content (AvgIpc) is 1.63. The first-order valence-electron chi connectivity index (χ1n) is 44.0. The molecule has 12 aliphatic heterocycles. The molecule has 6 saturated heterocycles. The minimum atomic E-state index is -0.947. The van der Waals surface area contributed by atoms with Gasteiger partial charge in [-0.2, -0.15) is 0 Å². The lowest BCUT2D eigenvalue weighted by Crippen LogP contribution is -2.43. The standard InChI is InChI=1S/C33H40N4O6.C31H36N4O8.C31H32N4O6.2CHCl3.2H2O/c1-18-10-26-20(3)34-24-14-30(28(40-5)12-22(24)32(38)36(26)16-18)42-8-7-9-43-31-15-25-23(13-29(31)41-6)33(39)37-17-19(2)11-27(37)21(4)35-25;1-16-8-22-28(36)32-20-12-26(24(40-3)10-18(20)30(38)34(22)14-16)42-6-5-7-43-27-13-21-19(11-25(27)41-4)31(39)35-15-17(2)9-23(35)29(37)33-21;1-18-8-20-14-32-24-12-28(26(38-3)10-22(24)30(36)34(20)16-18)40-6-5-7-41-29-13-25-23(11-27(29)39-4)31(37)35-17-19(2)9-21(35)15-33-25;2*2-1(3)4;;/h12-15,20-21,26-27,34-35H,1-2,7-11,16-17H2,3-6H3;10-13,22-23,28-29,32-33,36-37H,1-2,5-9,14-15H2,3-4H3;10-15,20-21H,1-2,5-9,16-17H2,3-4H3;2*1H;2*1H2/t20?,21?,26-,27-;22-,23-,28?,29?;20-,21-;;;;/m000..../s1. The van der Waals surface area contributed by atoms with Crippen molar-refractivity contribution in [3.63, 3.8) is 0 Å². The molecule has 0 spiro atoms. The molecule has 0 bridgehead atoms. The number of carbonyl (C=O) groups excluding carboxylic acids is 6. The van der Waals surface area contributed by atoms with Gasteiger partial charge in [0.2, 0.25) is 0 Å². The smallest absolute Gasteiger partial charge is 0.257 e. The van der Waals surface area contributed by atoms with E-state index in [2.05, 4.69) is 84.6 Å². The molecule has 6 fully saturated rings. The zero-order valence-corrected chi connectivity index (χ0v) is 81.7. The topological polar surface area (TPSA) is 409 Å². The van der Waals surface area contributed by atoms with Gasteiger partial charge >= 0.3 is 0 Å². The molecule has 0 radical (unpaired) electrons. The molecule has 137 heavy (non-hydrogen) atoms. The van der Waals surface area contributed by atoms with E-state index in [0.717, 1.165) is 70.5 Å². The van der Waals surface area contributed by atoms with Crippen LogP contribution in [0.25, 0.3) is 0 Å². The number of methoxy groups -OCH3 is 6. The highest BCUT2D eigenvalue weighted by Gasteiger charge is 2.46. The lowest BCUT2D eigenvalue weighted by Gasteiger charge is -2.26. The second kappa shape index (κ2) is 45.7. The quantitative estimate of drug-likeness (QED) is 0.0186. The Morgan fingerprint density at radius 3 is 0.796 bits per heavy atom. The summed E-state index contributed by atoms with van der Waals surface area (Å²) < 4.78 is 68.0. The van der Waals surface area contributed by atoms with E-state index in [1.54, 1.807) is 121 Å². The van der Waals surface area contributed by atoms with Crippen LogP contribution in [0.5, 0.6) is 69.0 Å². The van der Waals surface area contributed by atoms with Crippen molar-refractivity contribution in [2.45, 2.75) is 141 Å². The van der Waals surface area contributed by atoms with Crippen molar-refractivity contribution in [2.24, 2.45) is 9.98 Å². The van der Waals surface area contributed by atoms with E-state index in [0.29, 0.717) is 223 Å². The lowest BCUT2D eigenvalue weighted by atomic mass is 10.1. The van der Waals surface area contributed by atoms with Crippen LogP contribution < -0.4 is 78.1 Å². The number of anilines is 4. The molecule has 40 heteroatoms. The lowest BCUT2D eigenvalue weighted by molar-refractivity contribution is 0.0578. The van der Waals surface area contributed by atoms with Crippen molar-refractivity contribution in [2.75, 3.05) is 143 Å². The highest BCUT2D eigenvalue weighted by molar-refractivity contribution is 6.63. The van der Waals surface area contributed by atoms with Crippen LogP contribution in [0.4, 0.5) is 34.1 Å². The molecule has 6 aromatic rings. The van der Waals surface area contributed by atoms with Crippen LogP contribution in [0.3, 0.4) is 0 Å².